The van der Waals surface area contributed by atoms with Crippen molar-refractivity contribution in [1.82, 2.24) is 14.0 Å². The van der Waals surface area contributed by atoms with Crippen molar-refractivity contribution in [3.8, 4) is 11.3 Å². The molecule has 2 aliphatic heterocycles. The number of ether oxygens (including phenoxy) is 1. The number of morpholine rings is 1. The predicted molar refractivity (Wildman–Crippen MR) is 146 cm³/mol. The van der Waals surface area contributed by atoms with Gasteiger partial charge in [-0.3, -0.25) is 4.90 Å². The van der Waals surface area contributed by atoms with Gasteiger partial charge in [-0.05, 0) is 48.4 Å². The topological polar surface area (TPSA) is 59.6 Å². The lowest BCUT2D eigenvalue weighted by Gasteiger charge is -2.26. The molecule has 3 aliphatic rings. The molecule has 0 unspecified atom stereocenters. The predicted octanol–water partition coefficient (Wildman–Crippen LogP) is 6.24. The summed E-state index contributed by atoms with van der Waals surface area (Å²) in [6.45, 7) is 6.41. The zero-order chi connectivity index (χ0) is 24.9. The van der Waals surface area contributed by atoms with Crippen LogP contribution in [0.2, 0.25) is 0 Å². The van der Waals surface area contributed by atoms with Gasteiger partial charge in [-0.25, -0.2) is 4.79 Å². The maximum atomic E-state index is 11.9. The number of aromatic nitrogens is 2. The van der Waals surface area contributed by atoms with E-state index in [-0.39, 0.29) is 0 Å². The number of hydrogen-bond acceptors (Lipinski definition) is 3. The molecule has 0 spiro atoms. The van der Waals surface area contributed by atoms with E-state index >= 15 is 0 Å². The fourth-order valence-corrected chi connectivity index (χ4v) is 7.16. The molecule has 7 rings (SSSR count). The third-order valence-electron chi connectivity index (χ3n) is 8.88. The van der Waals surface area contributed by atoms with Crippen molar-refractivity contribution < 1.29 is 14.6 Å². The number of nitrogens with zero attached hydrogens (tertiary/aromatic N) is 3. The third-order valence-corrected chi connectivity index (χ3v) is 8.88. The van der Waals surface area contributed by atoms with Crippen molar-refractivity contribution in [3.63, 3.8) is 0 Å². The molecule has 1 saturated carbocycles. The molecule has 1 N–H and O–H groups in total. The fourth-order valence-electron chi connectivity index (χ4n) is 7.16. The molecule has 37 heavy (non-hydrogen) atoms. The minimum atomic E-state index is -0.855. The van der Waals surface area contributed by atoms with E-state index in [1.54, 1.807) is 6.07 Å². The number of fused-ring (bicyclic) bond motifs is 4. The number of carboxylic acid groups (broad SMARTS) is 1. The molecule has 2 aromatic heterocycles. The van der Waals surface area contributed by atoms with Gasteiger partial charge in [0, 0.05) is 60.8 Å². The fraction of sp³-hybridized carbons (Fsp3) is 0.452. The number of aryl methyl sites for hydroxylation is 2. The van der Waals surface area contributed by atoms with Gasteiger partial charge in [0.1, 0.15) is 0 Å². The molecule has 4 aromatic rings. The molecule has 0 atom stereocenters. The first-order chi connectivity index (χ1) is 18.2. The summed E-state index contributed by atoms with van der Waals surface area (Å²) in [7, 11) is 0. The van der Waals surface area contributed by atoms with Gasteiger partial charge in [-0.15, -0.1) is 0 Å². The van der Waals surface area contributed by atoms with E-state index in [0.29, 0.717) is 11.5 Å². The van der Waals surface area contributed by atoms with Crippen LogP contribution < -0.4 is 0 Å². The van der Waals surface area contributed by atoms with Crippen LogP contribution in [0.15, 0.2) is 42.6 Å². The van der Waals surface area contributed by atoms with Gasteiger partial charge >= 0.3 is 5.97 Å². The van der Waals surface area contributed by atoms with Crippen molar-refractivity contribution in [1.29, 1.82) is 0 Å². The highest BCUT2D eigenvalue weighted by Crippen LogP contribution is 2.47. The highest BCUT2D eigenvalue weighted by Gasteiger charge is 2.29. The number of carbonyl (C=O) groups is 1. The van der Waals surface area contributed by atoms with E-state index in [9.17, 15) is 9.90 Å². The van der Waals surface area contributed by atoms with E-state index in [2.05, 4.69) is 44.5 Å². The Morgan fingerprint density at radius 1 is 0.946 bits per heavy atom. The lowest BCUT2D eigenvalue weighted by atomic mass is 9.81. The van der Waals surface area contributed by atoms with E-state index in [4.69, 9.17) is 4.74 Å². The quantitative estimate of drug-likeness (QED) is 0.362. The highest BCUT2D eigenvalue weighted by atomic mass is 16.5. The van der Waals surface area contributed by atoms with Crippen LogP contribution in [0.3, 0.4) is 0 Å². The largest absolute Gasteiger partial charge is 0.478 e. The molecule has 4 heterocycles. The lowest BCUT2D eigenvalue weighted by molar-refractivity contribution is 0.0343. The van der Waals surface area contributed by atoms with Crippen molar-refractivity contribution in [2.75, 3.05) is 26.3 Å². The Labute approximate surface area is 217 Å². The Kier molecular flexibility index (Phi) is 5.82. The van der Waals surface area contributed by atoms with E-state index in [1.165, 1.54) is 70.8 Å². The summed E-state index contributed by atoms with van der Waals surface area (Å²) in [6, 6.07) is 12.6. The first-order valence-electron chi connectivity index (χ1n) is 14.0. The number of carboxylic acids is 1. The Hall–Kier alpha value is -3.09. The number of para-hydroxylation sites is 1. The first-order valence-corrected chi connectivity index (χ1v) is 14.0. The molecular weight excluding hydrogens is 462 g/mol. The second-order valence-electron chi connectivity index (χ2n) is 11.1. The standard InChI is InChI=1S/C31H35N3O3/c35-31(36)22-10-11-25-27(18-22)34-13-5-12-33-20-23(19-32-14-16-37-17-15-32)24-8-4-9-26(29(24)33)30(34)28(25)21-6-2-1-3-7-21/h4,8-11,18,20-21H,1-3,5-7,12-17,19H2,(H,35,36). The zero-order valence-electron chi connectivity index (χ0n) is 21.4. The molecule has 2 fully saturated rings. The normalized spacial score (nSPS) is 19.1. The van der Waals surface area contributed by atoms with Crippen molar-refractivity contribution in [3.05, 3.63) is 59.3 Å². The van der Waals surface area contributed by atoms with Crippen LogP contribution in [0.25, 0.3) is 33.1 Å². The van der Waals surface area contributed by atoms with Gasteiger partial charge in [0.2, 0.25) is 0 Å². The molecule has 2 aromatic carbocycles. The van der Waals surface area contributed by atoms with E-state index < -0.39 is 5.97 Å². The minimum absolute atomic E-state index is 0.374. The van der Waals surface area contributed by atoms with E-state index in [1.807, 2.05) is 6.07 Å². The van der Waals surface area contributed by atoms with Crippen LogP contribution in [-0.4, -0.2) is 51.4 Å². The smallest absolute Gasteiger partial charge is 0.335 e. The van der Waals surface area contributed by atoms with Gasteiger partial charge in [0.25, 0.3) is 0 Å². The Morgan fingerprint density at radius 3 is 2.59 bits per heavy atom. The van der Waals surface area contributed by atoms with Crippen LogP contribution in [0.5, 0.6) is 0 Å². The summed E-state index contributed by atoms with van der Waals surface area (Å²) < 4.78 is 10.5. The van der Waals surface area contributed by atoms with Crippen molar-refractivity contribution in [2.45, 2.75) is 64.1 Å². The van der Waals surface area contributed by atoms with E-state index in [0.717, 1.165) is 57.9 Å². The molecule has 6 nitrogen and oxygen atoms in total. The average molecular weight is 498 g/mol. The van der Waals surface area contributed by atoms with Gasteiger partial charge in [-0.1, -0.05) is 43.5 Å². The summed E-state index contributed by atoms with van der Waals surface area (Å²) in [5, 5.41) is 12.4. The summed E-state index contributed by atoms with van der Waals surface area (Å²) in [4.78, 5) is 14.4. The number of aromatic carboxylic acids is 1. The molecule has 0 radical (unpaired) electrons. The molecule has 192 valence electrons. The average Bonchev–Trinajstić information content (AvgIpc) is 3.43. The molecule has 0 amide bonds. The molecule has 1 aliphatic carbocycles. The minimum Gasteiger partial charge on any atom is -0.478 e. The summed E-state index contributed by atoms with van der Waals surface area (Å²) in [5.41, 5.74) is 8.27. The second-order valence-corrected chi connectivity index (χ2v) is 11.1. The summed E-state index contributed by atoms with van der Waals surface area (Å²) >= 11 is 0. The number of rotatable bonds is 4. The Bertz CT molecular complexity index is 1480. The highest BCUT2D eigenvalue weighted by molar-refractivity contribution is 6.03. The van der Waals surface area contributed by atoms with Crippen LogP contribution in [0.4, 0.5) is 0 Å². The maximum Gasteiger partial charge on any atom is 0.335 e. The molecule has 6 heteroatoms. The van der Waals surface area contributed by atoms with Gasteiger partial charge in [0.15, 0.2) is 0 Å². The summed E-state index contributed by atoms with van der Waals surface area (Å²) in [5.74, 6) is -0.333. The lowest BCUT2D eigenvalue weighted by Crippen LogP contribution is -2.35. The van der Waals surface area contributed by atoms with Gasteiger partial charge < -0.3 is 19.0 Å². The van der Waals surface area contributed by atoms with Gasteiger partial charge in [0.05, 0.1) is 30.0 Å². The monoisotopic (exact) mass is 497 g/mol. The molecule has 0 bridgehead atoms. The van der Waals surface area contributed by atoms with Crippen LogP contribution in [0, 0.1) is 0 Å². The van der Waals surface area contributed by atoms with Crippen molar-refractivity contribution >= 4 is 27.8 Å². The SMILES string of the molecule is O=C(O)c1ccc2c(C3CCCCC3)c3n(c2c1)CCCn1cc(CN2CCOCC2)c2cccc-3c21. The molecular formula is C31H35N3O3. The van der Waals surface area contributed by atoms with Crippen LogP contribution in [-0.2, 0) is 24.4 Å². The summed E-state index contributed by atoms with van der Waals surface area (Å²) in [6.07, 6.45) is 9.70. The van der Waals surface area contributed by atoms with Gasteiger partial charge in [-0.2, -0.15) is 0 Å². The maximum absolute atomic E-state index is 11.9. The second kappa shape index (κ2) is 9.34. The van der Waals surface area contributed by atoms with Crippen LogP contribution >= 0.6 is 0 Å². The number of hydrogen-bond donors (Lipinski definition) is 1. The third kappa shape index (κ3) is 3.89. The van der Waals surface area contributed by atoms with Crippen LogP contribution in [0.1, 0.15) is 65.9 Å². The molecule has 1 saturated heterocycles. The number of benzene rings is 2. The van der Waals surface area contributed by atoms with Crippen molar-refractivity contribution in [2.24, 2.45) is 0 Å². The Morgan fingerprint density at radius 2 is 1.78 bits per heavy atom. The zero-order valence-corrected chi connectivity index (χ0v) is 21.4. The Balaban J connectivity index is 1.47. The first kappa shape index (κ1) is 23.1.